The van der Waals surface area contributed by atoms with E-state index in [9.17, 15) is 10.1 Å². The van der Waals surface area contributed by atoms with Crippen LogP contribution in [0.2, 0.25) is 0 Å². The molecule has 0 spiro atoms. The molecule has 1 aromatic carbocycles. The molecule has 0 aliphatic rings. The van der Waals surface area contributed by atoms with Gasteiger partial charge in [-0.1, -0.05) is 0 Å². The Hall–Kier alpha value is -1.82. The Balaban J connectivity index is 3.02. The Morgan fingerprint density at radius 1 is 1.35 bits per heavy atom. The third-order valence-electron chi connectivity index (χ3n) is 2.38. The van der Waals surface area contributed by atoms with E-state index in [0.717, 1.165) is 0 Å². The summed E-state index contributed by atoms with van der Waals surface area (Å²) in [5.41, 5.74) is -0.0215. The van der Waals surface area contributed by atoms with Crippen molar-refractivity contribution in [2.75, 3.05) is 21.2 Å². The predicted octanol–water partition coefficient (Wildman–Crippen LogP) is 1.89. The molecule has 1 rings (SSSR count). The van der Waals surface area contributed by atoms with Gasteiger partial charge in [-0.25, -0.2) is 0 Å². The molecule has 6 heteroatoms. The quantitative estimate of drug-likeness (QED) is 0.446. The number of non-ortho nitro benzene ring substituents is 1. The number of methoxy groups -OCH3 is 1. The second-order valence-electron chi connectivity index (χ2n) is 3.77. The maximum Gasteiger partial charge on any atom is 0.273 e. The summed E-state index contributed by atoms with van der Waals surface area (Å²) in [5, 5.41) is 10.7. The van der Waals surface area contributed by atoms with E-state index in [2.05, 4.69) is 0 Å². The highest BCUT2D eigenvalue weighted by atomic mass is 16.6. The number of nitro groups is 1. The van der Waals surface area contributed by atoms with Crippen molar-refractivity contribution in [3.8, 4) is 11.5 Å². The van der Waals surface area contributed by atoms with Crippen LogP contribution in [0.3, 0.4) is 0 Å². The molecule has 0 fully saturated rings. The first kappa shape index (κ1) is 13.2. The summed E-state index contributed by atoms with van der Waals surface area (Å²) in [4.78, 5) is 12.1. The highest BCUT2D eigenvalue weighted by Gasteiger charge is 2.15. The fourth-order valence-electron chi connectivity index (χ4n) is 1.16. The topological polar surface area (TPSA) is 64.8 Å². The smallest absolute Gasteiger partial charge is 0.273 e. The Morgan fingerprint density at radius 3 is 2.47 bits per heavy atom. The maximum atomic E-state index is 10.7. The number of benzene rings is 1. The van der Waals surface area contributed by atoms with Crippen molar-refractivity contribution in [2.24, 2.45) is 0 Å². The first-order chi connectivity index (χ1) is 7.95. The number of nitrogens with zero attached hydrogens (tertiary/aromatic N) is 2. The van der Waals surface area contributed by atoms with Crippen molar-refractivity contribution < 1.29 is 14.4 Å². The van der Waals surface area contributed by atoms with Crippen LogP contribution >= 0.6 is 0 Å². The molecule has 1 atom stereocenters. The minimum atomic E-state index is -0.466. The normalized spacial score (nSPS) is 12.3. The third kappa shape index (κ3) is 3.32. The van der Waals surface area contributed by atoms with Crippen molar-refractivity contribution in [3.05, 3.63) is 28.3 Å². The Kier molecular flexibility index (Phi) is 4.28. The van der Waals surface area contributed by atoms with E-state index in [-0.39, 0.29) is 11.9 Å². The monoisotopic (exact) mass is 240 g/mol. The predicted molar refractivity (Wildman–Crippen MR) is 63.4 cm³/mol. The molecule has 0 saturated heterocycles. The average Bonchev–Trinajstić information content (AvgIpc) is 2.28. The van der Waals surface area contributed by atoms with Crippen LogP contribution in [-0.2, 0) is 0 Å². The van der Waals surface area contributed by atoms with Crippen molar-refractivity contribution in [1.82, 2.24) is 4.90 Å². The van der Waals surface area contributed by atoms with Gasteiger partial charge in [0.2, 0.25) is 0 Å². The van der Waals surface area contributed by atoms with E-state index in [0.29, 0.717) is 11.5 Å². The fourth-order valence-corrected chi connectivity index (χ4v) is 1.16. The molecule has 17 heavy (non-hydrogen) atoms. The second kappa shape index (κ2) is 5.49. The summed E-state index contributed by atoms with van der Waals surface area (Å²) >= 11 is 0. The highest BCUT2D eigenvalue weighted by Crippen LogP contribution is 2.31. The number of hydrogen-bond donors (Lipinski definition) is 0. The van der Waals surface area contributed by atoms with E-state index < -0.39 is 4.92 Å². The lowest BCUT2D eigenvalue weighted by Gasteiger charge is -2.22. The van der Waals surface area contributed by atoms with Gasteiger partial charge in [-0.3, -0.25) is 15.0 Å². The SMILES string of the molecule is COc1ccc([N+](=O)[O-])cc1OC(C)N(C)C. The van der Waals surface area contributed by atoms with Gasteiger partial charge < -0.3 is 9.47 Å². The first-order valence-corrected chi connectivity index (χ1v) is 5.11. The van der Waals surface area contributed by atoms with E-state index in [4.69, 9.17) is 9.47 Å². The lowest BCUT2D eigenvalue weighted by Crippen LogP contribution is -2.30. The molecule has 0 aromatic heterocycles. The van der Waals surface area contributed by atoms with Gasteiger partial charge in [0.1, 0.15) is 6.23 Å². The molecular weight excluding hydrogens is 224 g/mol. The Bertz CT molecular complexity index is 406. The van der Waals surface area contributed by atoms with E-state index in [1.165, 1.54) is 25.3 Å². The van der Waals surface area contributed by atoms with Gasteiger partial charge in [0.25, 0.3) is 5.69 Å². The molecule has 0 N–H and O–H groups in total. The molecule has 0 heterocycles. The van der Waals surface area contributed by atoms with Crippen LogP contribution in [0.4, 0.5) is 5.69 Å². The van der Waals surface area contributed by atoms with E-state index in [1.807, 2.05) is 25.9 Å². The van der Waals surface area contributed by atoms with Gasteiger partial charge >= 0.3 is 0 Å². The second-order valence-corrected chi connectivity index (χ2v) is 3.77. The minimum absolute atomic E-state index is 0.0215. The van der Waals surface area contributed by atoms with Crippen molar-refractivity contribution >= 4 is 5.69 Å². The van der Waals surface area contributed by atoms with Gasteiger partial charge in [-0.05, 0) is 27.1 Å². The molecule has 94 valence electrons. The summed E-state index contributed by atoms with van der Waals surface area (Å²) in [6.07, 6.45) is -0.203. The number of nitro benzene ring substituents is 1. The van der Waals surface area contributed by atoms with Gasteiger partial charge in [0, 0.05) is 6.07 Å². The van der Waals surface area contributed by atoms with Crippen LogP contribution in [0.25, 0.3) is 0 Å². The van der Waals surface area contributed by atoms with E-state index in [1.54, 1.807) is 0 Å². The zero-order valence-electron chi connectivity index (χ0n) is 10.3. The molecule has 1 unspecified atom stereocenters. The molecule has 0 radical (unpaired) electrons. The van der Waals surface area contributed by atoms with Crippen LogP contribution in [0.1, 0.15) is 6.92 Å². The summed E-state index contributed by atoms with van der Waals surface area (Å²) in [5.74, 6) is 0.840. The zero-order valence-corrected chi connectivity index (χ0v) is 10.3. The molecule has 6 nitrogen and oxygen atoms in total. The molecular formula is C11H16N2O4. The maximum absolute atomic E-state index is 10.7. The summed E-state index contributed by atoms with van der Waals surface area (Å²) in [6, 6.07) is 4.26. The van der Waals surface area contributed by atoms with Crippen LogP contribution in [0, 0.1) is 10.1 Å². The van der Waals surface area contributed by atoms with Crippen molar-refractivity contribution in [3.63, 3.8) is 0 Å². The van der Waals surface area contributed by atoms with Crippen LogP contribution in [0.15, 0.2) is 18.2 Å². The average molecular weight is 240 g/mol. The van der Waals surface area contributed by atoms with Crippen molar-refractivity contribution in [1.29, 1.82) is 0 Å². The third-order valence-corrected chi connectivity index (χ3v) is 2.38. The highest BCUT2D eigenvalue weighted by molar-refractivity contribution is 5.48. The molecule has 0 aliphatic heterocycles. The number of rotatable bonds is 5. The van der Waals surface area contributed by atoms with Crippen LogP contribution in [0.5, 0.6) is 11.5 Å². The Morgan fingerprint density at radius 2 is 2.00 bits per heavy atom. The largest absolute Gasteiger partial charge is 0.493 e. The van der Waals surface area contributed by atoms with Gasteiger partial charge in [-0.2, -0.15) is 0 Å². The van der Waals surface area contributed by atoms with Crippen LogP contribution in [-0.4, -0.2) is 37.3 Å². The standard InChI is InChI=1S/C11H16N2O4/c1-8(12(2)3)17-11-7-9(13(14)15)5-6-10(11)16-4/h5-8H,1-4H3. The fraction of sp³-hybridized carbons (Fsp3) is 0.455. The summed E-state index contributed by atoms with van der Waals surface area (Å²) < 4.78 is 10.7. The number of hydrogen-bond acceptors (Lipinski definition) is 5. The molecule has 1 aromatic rings. The molecule has 0 bridgehead atoms. The summed E-state index contributed by atoms with van der Waals surface area (Å²) in [6.45, 7) is 1.85. The van der Waals surface area contributed by atoms with Gasteiger partial charge in [0.15, 0.2) is 11.5 Å². The lowest BCUT2D eigenvalue weighted by molar-refractivity contribution is -0.385. The van der Waals surface area contributed by atoms with Crippen LogP contribution < -0.4 is 9.47 Å². The molecule has 0 aliphatic carbocycles. The lowest BCUT2D eigenvalue weighted by atomic mass is 10.3. The van der Waals surface area contributed by atoms with Crippen molar-refractivity contribution in [2.45, 2.75) is 13.2 Å². The molecule has 0 amide bonds. The number of ether oxygens (including phenoxy) is 2. The Labute approximate surface area is 99.9 Å². The minimum Gasteiger partial charge on any atom is -0.493 e. The summed E-state index contributed by atoms with van der Waals surface area (Å²) in [7, 11) is 5.21. The molecule has 0 saturated carbocycles. The van der Waals surface area contributed by atoms with E-state index >= 15 is 0 Å². The zero-order chi connectivity index (χ0) is 13.0. The van der Waals surface area contributed by atoms with Gasteiger partial charge in [0.05, 0.1) is 18.1 Å². The van der Waals surface area contributed by atoms with Gasteiger partial charge in [-0.15, -0.1) is 0 Å². The first-order valence-electron chi connectivity index (χ1n) is 5.11.